The van der Waals surface area contributed by atoms with E-state index in [9.17, 15) is 17.6 Å². The van der Waals surface area contributed by atoms with Crippen LogP contribution in [0.2, 0.25) is 0 Å². The molecule has 1 fully saturated rings. The molecule has 2 aliphatic rings. The molecule has 0 saturated carbocycles. The van der Waals surface area contributed by atoms with Crippen LogP contribution < -0.4 is 10.2 Å². The lowest BCUT2D eigenvalue weighted by Gasteiger charge is -2.18. The highest BCUT2D eigenvalue weighted by atomic mass is 32.2. The molecule has 1 amide bonds. The summed E-state index contributed by atoms with van der Waals surface area (Å²) in [5, 5.41) is 2.34. The van der Waals surface area contributed by atoms with Crippen LogP contribution in [0.5, 0.6) is 0 Å². The largest absolute Gasteiger partial charge is 0.370 e. The molecule has 6 nitrogen and oxygen atoms in total. The smallest absolute Gasteiger partial charge is 0.237 e. The summed E-state index contributed by atoms with van der Waals surface area (Å²) in [5.74, 6) is -1.18. The van der Waals surface area contributed by atoms with E-state index < -0.39 is 21.6 Å². The van der Waals surface area contributed by atoms with Crippen molar-refractivity contribution < 1.29 is 17.6 Å². The van der Waals surface area contributed by atoms with Gasteiger partial charge in [-0.05, 0) is 48.4 Å². The molecule has 28 heavy (non-hydrogen) atoms. The monoisotopic (exact) mass is 401 g/mol. The predicted octanol–water partition coefficient (Wildman–Crippen LogP) is 2.89. The summed E-state index contributed by atoms with van der Waals surface area (Å²) in [6.45, 7) is 1.20. The zero-order valence-electron chi connectivity index (χ0n) is 15.3. The van der Waals surface area contributed by atoms with E-state index >= 15 is 0 Å². The van der Waals surface area contributed by atoms with Gasteiger partial charge in [0, 0.05) is 36.9 Å². The van der Waals surface area contributed by atoms with Crippen LogP contribution in [0.15, 0.2) is 47.5 Å². The van der Waals surface area contributed by atoms with Crippen LogP contribution in [-0.2, 0) is 14.6 Å². The van der Waals surface area contributed by atoms with Crippen LogP contribution in [0.4, 0.5) is 21.5 Å². The summed E-state index contributed by atoms with van der Waals surface area (Å²) in [7, 11) is -3.03. The van der Waals surface area contributed by atoms with Crippen LogP contribution in [0, 0.1) is 5.82 Å². The van der Waals surface area contributed by atoms with Gasteiger partial charge in [-0.15, -0.1) is 0 Å². The number of rotatable bonds is 4. The van der Waals surface area contributed by atoms with Gasteiger partial charge in [0.2, 0.25) is 5.91 Å². The van der Waals surface area contributed by atoms with Gasteiger partial charge in [-0.1, -0.05) is 6.07 Å². The average Bonchev–Trinajstić information content (AvgIpc) is 3.24. The quantitative estimate of drug-likeness (QED) is 0.799. The number of nitrogens with one attached hydrogen (secondary N) is 1. The highest BCUT2D eigenvalue weighted by Gasteiger charge is 2.30. The Bertz CT molecular complexity index is 1050. The van der Waals surface area contributed by atoms with Gasteiger partial charge in [0.25, 0.3) is 0 Å². The number of anilines is 2. The summed E-state index contributed by atoms with van der Waals surface area (Å²) >= 11 is 0. The first kappa shape index (κ1) is 18.6. The lowest BCUT2D eigenvalue weighted by atomic mass is 10.0. The van der Waals surface area contributed by atoms with Crippen molar-refractivity contribution in [1.82, 2.24) is 0 Å². The fraction of sp³-hybridized carbons (Fsp3) is 0.300. The van der Waals surface area contributed by atoms with E-state index in [1.807, 2.05) is 24.3 Å². The summed E-state index contributed by atoms with van der Waals surface area (Å²) in [6, 6.07) is 11.7. The highest BCUT2D eigenvalue weighted by Crippen LogP contribution is 2.32. The van der Waals surface area contributed by atoms with E-state index in [2.05, 4.69) is 15.2 Å². The number of amides is 1. The van der Waals surface area contributed by atoms with Crippen molar-refractivity contribution in [2.75, 3.05) is 29.6 Å². The lowest BCUT2D eigenvalue weighted by Crippen LogP contribution is -2.25. The van der Waals surface area contributed by atoms with Gasteiger partial charge in [-0.2, -0.15) is 0 Å². The van der Waals surface area contributed by atoms with Crippen molar-refractivity contribution >= 4 is 39.0 Å². The summed E-state index contributed by atoms with van der Waals surface area (Å²) in [5.41, 5.74) is 2.82. The average molecular weight is 401 g/mol. The van der Waals surface area contributed by atoms with E-state index in [-0.39, 0.29) is 11.2 Å². The number of aliphatic imine (C=N–C) groups is 1. The normalized spacial score (nSPS) is 21.9. The van der Waals surface area contributed by atoms with Gasteiger partial charge in [0.05, 0.1) is 10.9 Å². The summed E-state index contributed by atoms with van der Waals surface area (Å²) in [6.07, 6.45) is 3.48. The minimum absolute atomic E-state index is 0.232. The van der Waals surface area contributed by atoms with Crippen molar-refractivity contribution in [1.29, 1.82) is 0 Å². The third-order valence-corrected chi connectivity index (χ3v) is 6.82. The Morgan fingerprint density at radius 2 is 1.96 bits per heavy atom. The van der Waals surface area contributed by atoms with Gasteiger partial charge in [0.1, 0.15) is 11.7 Å². The van der Waals surface area contributed by atoms with Gasteiger partial charge >= 0.3 is 0 Å². The Kier molecular flexibility index (Phi) is 4.66. The third kappa shape index (κ3) is 3.64. The van der Waals surface area contributed by atoms with Crippen molar-refractivity contribution in [3.05, 3.63) is 53.8 Å². The second-order valence-corrected chi connectivity index (χ2v) is 9.51. The van der Waals surface area contributed by atoms with Gasteiger partial charge in [0.15, 0.2) is 9.84 Å². The summed E-state index contributed by atoms with van der Waals surface area (Å²) < 4.78 is 36.7. The predicted molar refractivity (Wildman–Crippen MR) is 108 cm³/mol. The molecular formula is C20H20FN3O3S. The molecule has 0 aliphatic carbocycles. The minimum Gasteiger partial charge on any atom is -0.370 e. The second kappa shape index (κ2) is 7.01. The number of halogens is 1. The molecule has 1 saturated heterocycles. The molecule has 2 aromatic carbocycles. The number of hydrogen-bond acceptors (Lipinski definition) is 5. The molecule has 0 bridgehead atoms. The van der Waals surface area contributed by atoms with E-state index in [4.69, 9.17) is 0 Å². The number of sulfone groups is 1. The maximum atomic E-state index is 13.3. The molecule has 2 unspecified atom stereocenters. The molecular weight excluding hydrogens is 381 g/mol. The van der Waals surface area contributed by atoms with Crippen molar-refractivity contribution in [3.8, 4) is 0 Å². The van der Waals surface area contributed by atoms with E-state index in [0.29, 0.717) is 36.4 Å². The molecule has 2 heterocycles. The molecule has 2 aromatic rings. The zero-order chi connectivity index (χ0) is 19.9. The van der Waals surface area contributed by atoms with Crippen LogP contribution in [0.3, 0.4) is 0 Å². The number of carbonyl (C=O) groups excluding carboxylic acids is 1. The standard InChI is InChI=1S/C20H20FN3O3S/c1-28(26,27)16-8-9-24(12-16)15-5-3-14(4-6-15)22-11-18-17-7-2-13(21)10-19(17)23-20(18)25/h2-7,10-11,16,18H,8-9,12H2,1H3,(H,23,25). The molecule has 0 spiro atoms. The van der Waals surface area contributed by atoms with Crippen molar-refractivity contribution in [2.45, 2.75) is 17.6 Å². The van der Waals surface area contributed by atoms with Gasteiger partial charge < -0.3 is 10.2 Å². The molecule has 146 valence electrons. The highest BCUT2D eigenvalue weighted by molar-refractivity contribution is 7.91. The van der Waals surface area contributed by atoms with Crippen LogP contribution in [0.1, 0.15) is 17.9 Å². The number of carbonyl (C=O) groups is 1. The first-order valence-electron chi connectivity index (χ1n) is 8.99. The minimum atomic E-state index is -3.03. The molecule has 0 radical (unpaired) electrons. The molecule has 1 N–H and O–H groups in total. The van der Waals surface area contributed by atoms with E-state index in [1.165, 1.54) is 18.4 Å². The van der Waals surface area contributed by atoms with Crippen LogP contribution in [-0.4, -0.2) is 45.1 Å². The first-order valence-corrected chi connectivity index (χ1v) is 10.9. The molecule has 8 heteroatoms. The molecule has 0 aromatic heterocycles. The van der Waals surface area contributed by atoms with Crippen LogP contribution in [0.25, 0.3) is 0 Å². The number of hydrogen-bond donors (Lipinski definition) is 1. The fourth-order valence-electron chi connectivity index (χ4n) is 3.63. The summed E-state index contributed by atoms with van der Waals surface area (Å²) in [4.78, 5) is 18.6. The Hall–Kier alpha value is -2.74. The Labute approximate surface area is 163 Å². The number of nitrogens with zero attached hydrogens (tertiary/aromatic N) is 2. The number of benzene rings is 2. The second-order valence-electron chi connectivity index (χ2n) is 7.18. The maximum Gasteiger partial charge on any atom is 0.237 e. The van der Waals surface area contributed by atoms with Crippen molar-refractivity contribution in [2.24, 2.45) is 4.99 Å². The van der Waals surface area contributed by atoms with Crippen LogP contribution >= 0.6 is 0 Å². The molecule has 2 aliphatic heterocycles. The SMILES string of the molecule is CS(=O)(=O)C1CCN(c2ccc(N=CC3C(=O)Nc4cc(F)ccc43)cc2)C1. The first-order chi connectivity index (χ1) is 13.3. The van der Waals surface area contributed by atoms with E-state index in [0.717, 1.165) is 5.69 Å². The Balaban J connectivity index is 1.46. The topological polar surface area (TPSA) is 78.8 Å². The molecule has 2 atom stereocenters. The zero-order valence-corrected chi connectivity index (χ0v) is 16.1. The maximum absolute atomic E-state index is 13.3. The molecule has 4 rings (SSSR count). The third-order valence-electron chi connectivity index (χ3n) is 5.23. The fourth-order valence-corrected chi connectivity index (χ4v) is 4.61. The van der Waals surface area contributed by atoms with E-state index in [1.54, 1.807) is 12.3 Å². The number of fused-ring (bicyclic) bond motifs is 1. The Morgan fingerprint density at radius 3 is 2.64 bits per heavy atom. The van der Waals surface area contributed by atoms with Crippen molar-refractivity contribution in [3.63, 3.8) is 0 Å². The van der Waals surface area contributed by atoms with Gasteiger partial charge in [-0.3, -0.25) is 9.79 Å². The van der Waals surface area contributed by atoms with Gasteiger partial charge in [-0.25, -0.2) is 12.8 Å². The Morgan fingerprint density at radius 1 is 1.21 bits per heavy atom. The lowest BCUT2D eigenvalue weighted by molar-refractivity contribution is -0.115.